The van der Waals surface area contributed by atoms with Crippen LogP contribution in [-0.4, -0.2) is 64.8 Å². The molecule has 0 aliphatic carbocycles. The Morgan fingerprint density at radius 1 is 0.867 bits per heavy atom. The number of rotatable bonds is 8. The van der Waals surface area contributed by atoms with Gasteiger partial charge < -0.3 is 28.1 Å². The number of hydrogen-bond donors (Lipinski definition) is 0. The van der Waals surface area contributed by atoms with Crippen molar-refractivity contribution >= 4 is 37.1 Å². The second-order valence-electron chi connectivity index (χ2n) is 7.27. The van der Waals surface area contributed by atoms with Gasteiger partial charge in [-0.25, -0.2) is 9.59 Å². The molecule has 1 aromatic rings. The molecule has 2 aliphatic rings. The van der Waals surface area contributed by atoms with Gasteiger partial charge in [-0.1, -0.05) is 37.4 Å². The number of hydrogen-bond acceptors (Lipinski definition) is 8. The molecular formula is C20H24B2O8. The minimum atomic E-state index is -0.535. The highest BCUT2D eigenvalue weighted by Gasteiger charge is 2.36. The van der Waals surface area contributed by atoms with Gasteiger partial charge in [0.15, 0.2) is 0 Å². The lowest BCUT2D eigenvalue weighted by atomic mass is 9.74. The summed E-state index contributed by atoms with van der Waals surface area (Å²) in [7, 11) is -1.07. The molecule has 8 nitrogen and oxygen atoms in total. The first-order valence-electron chi connectivity index (χ1n) is 9.62. The summed E-state index contributed by atoms with van der Waals surface area (Å²) in [5.74, 6) is -0.897. The minimum Gasteiger partial charge on any atom is -0.460 e. The van der Waals surface area contributed by atoms with Gasteiger partial charge in [0.1, 0.15) is 13.2 Å². The highest BCUT2D eigenvalue weighted by Crippen LogP contribution is 2.12. The van der Waals surface area contributed by atoms with Gasteiger partial charge in [-0.3, -0.25) is 0 Å². The molecule has 0 aromatic heterocycles. The van der Waals surface area contributed by atoms with Crippen molar-refractivity contribution in [2.75, 3.05) is 26.4 Å². The Balaban J connectivity index is 1.46. The van der Waals surface area contributed by atoms with E-state index in [1.807, 2.05) is 24.3 Å². The van der Waals surface area contributed by atoms with Crippen LogP contribution in [0.3, 0.4) is 0 Å². The maximum absolute atomic E-state index is 11.5. The zero-order valence-corrected chi connectivity index (χ0v) is 17.1. The van der Waals surface area contributed by atoms with Crippen LogP contribution in [0.2, 0.25) is 0 Å². The van der Waals surface area contributed by atoms with Crippen molar-refractivity contribution in [3.8, 4) is 0 Å². The van der Waals surface area contributed by atoms with Gasteiger partial charge in [0.25, 0.3) is 0 Å². The first kappa shape index (κ1) is 22.3. The van der Waals surface area contributed by atoms with Crippen LogP contribution in [0.1, 0.15) is 13.8 Å². The lowest BCUT2D eigenvalue weighted by Gasteiger charge is -2.12. The molecule has 0 spiro atoms. The second-order valence-corrected chi connectivity index (χ2v) is 7.27. The maximum atomic E-state index is 11.5. The molecule has 0 bridgehead atoms. The van der Waals surface area contributed by atoms with Crippen LogP contribution in [0, 0.1) is 0 Å². The SMILES string of the molecule is C=C(C)C(=O)OCC1COB(c2ccc(B3OCC(COC(=O)C(=C)C)O3)cc2)O1. The van der Waals surface area contributed by atoms with Gasteiger partial charge in [-0.15, -0.1) is 0 Å². The molecule has 158 valence electrons. The molecule has 1 aromatic carbocycles. The van der Waals surface area contributed by atoms with E-state index in [0.717, 1.165) is 10.9 Å². The number of carbonyl (C=O) groups is 2. The van der Waals surface area contributed by atoms with E-state index >= 15 is 0 Å². The average Bonchev–Trinajstić information content (AvgIpc) is 3.40. The van der Waals surface area contributed by atoms with Gasteiger partial charge >= 0.3 is 26.2 Å². The number of benzene rings is 1. The molecule has 0 N–H and O–H groups in total. The van der Waals surface area contributed by atoms with Crippen molar-refractivity contribution in [2.24, 2.45) is 0 Å². The van der Waals surface area contributed by atoms with Gasteiger partial charge in [0.05, 0.1) is 25.4 Å². The molecule has 2 heterocycles. The monoisotopic (exact) mass is 414 g/mol. The molecule has 2 fully saturated rings. The first-order chi connectivity index (χ1) is 14.3. The van der Waals surface area contributed by atoms with E-state index < -0.39 is 26.2 Å². The summed E-state index contributed by atoms with van der Waals surface area (Å²) in [6.45, 7) is 11.1. The van der Waals surface area contributed by atoms with Crippen LogP contribution in [-0.2, 0) is 37.7 Å². The molecule has 0 saturated carbocycles. The van der Waals surface area contributed by atoms with Gasteiger partial charge in [-0.05, 0) is 24.8 Å². The van der Waals surface area contributed by atoms with Gasteiger partial charge in [0.2, 0.25) is 0 Å². The topological polar surface area (TPSA) is 89.5 Å². The van der Waals surface area contributed by atoms with Gasteiger partial charge in [-0.2, -0.15) is 0 Å². The zero-order chi connectivity index (χ0) is 21.7. The first-order valence-corrected chi connectivity index (χ1v) is 9.62. The molecular weight excluding hydrogens is 390 g/mol. The van der Waals surface area contributed by atoms with Crippen molar-refractivity contribution in [1.29, 1.82) is 0 Å². The predicted molar refractivity (Wildman–Crippen MR) is 110 cm³/mol. The average molecular weight is 414 g/mol. The fourth-order valence-electron chi connectivity index (χ4n) is 2.81. The molecule has 30 heavy (non-hydrogen) atoms. The van der Waals surface area contributed by atoms with E-state index in [-0.39, 0.29) is 25.4 Å². The van der Waals surface area contributed by atoms with E-state index in [1.54, 1.807) is 13.8 Å². The van der Waals surface area contributed by atoms with Crippen molar-refractivity contribution in [3.05, 3.63) is 48.6 Å². The Labute approximate surface area is 176 Å². The maximum Gasteiger partial charge on any atom is 0.494 e. The minimum absolute atomic E-state index is 0.112. The molecule has 2 atom stereocenters. The molecule has 2 aliphatic heterocycles. The van der Waals surface area contributed by atoms with E-state index in [2.05, 4.69) is 13.2 Å². The number of ether oxygens (including phenoxy) is 2. The largest absolute Gasteiger partial charge is 0.494 e. The highest BCUT2D eigenvalue weighted by molar-refractivity contribution is 6.63. The normalized spacial score (nSPS) is 20.9. The van der Waals surface area contributed by atoms with Crippen LogP contribution >= 0.6 is 0 Å². The lowest BCUT2D eigenvalue weighted by Crippen LogP contribution is -2.37. The molecule has 2 saturated heterocycles. The smallest absolute Gasteiger partial charge is 0.460 e. The van der Waals surface area contributed by atoms with E-state index in [9.17, 15) is 9.59 Å². The molecule has 0 amide bonds. The molecule has 0 radical (unpaired) electrons. The Morgan fingerprint density at radius 2 is 1.23 bits per heavy atom. The van der Waals surface area contributed by atoms with Crippen LogP contribution in [0.4, 0.5) is 0 Å². The van der Waals surface area contributed by atoms with Crippen molar-refractivity contribution < 1.29 is 37.7 Å². The third kappa shape index (κ3) is 5.82. The fraction of sp³-hybridized carbons (Fsp3) is 0.400. The fourth-order valence-corrected chi connectivity index (χ4v) is 2.81. The summed E-state index contributed by atoms with van der Waals surface area (Å²) in [6.07, 6.45) is -0.663. The Bertz CT molecular complexity index is 743. The molecule has 2 unspecified atom stereocenters. The van der Waals surface area contributed by atoms with Crippen LogP contribution in [0.25, 0.3) is 0 Å². The number of carbonyl (C=O) groups excluding carboxylic acids is 2. The van der Waals surface area contributed by atoms with Gasteiger partial charge in [0, 0.05) is 11.1 Å². The zero-order valence-electron chi connectivity index (χ0n) is 17.1. The summed E-state index contributed by atoms with van der Waals surface area (Å²) in [6, 6.07) is 7.46. The van der Waals surface area contributed by atoms with Crippen LogP contribution in [0.5, 0.6) is 0 Å². The van der Waals surface area contributed by atoms with Crippen LogP contribution in [0.15, 0.2) is 48.6 Å². The Hall–Kier alpha value is -2.39. The van der Waals surface area contributed by atoms with E-state index in [0.29, 0.717) is 24.4 Å². The highest BCUT2D eigenvalue weighted by atomic mass is 16.7. The third-order valence-corrected chi connectivity index (χ3v) is 4.48. The van der Waals surface area contributed by atoms with Crippen molar-refractivity contribution in [2.45, 2.75) is 26.1 Å². The lowest BCUT2D eigenvalue weighted by molar-refractivity contribution is -0.141. The number of esters is 2. The molecule has 10 heteroatoms. The second kappa shape index (κ2) is 10.1. The van der Waals surface area contributed by atoms with Crippen molar-refractivity contribution in [1.82, 2.24) is 0 Å². The summed E-state index contributed by atoms with van der Waals surface area (Å²) in [5, 5.41) is 0. The quantitative estimate of drug-likeness (QED) is 0.338. The van der Waals surface area contributed by atoms with Crippen LogP contribution < -0.4 is 10.9 Å². The Morgan fingerprint density at radius 3 is 1.57 bits per heavy atom. The van der Waals surface area contributed by atoms with E-state index in [4.69, 9.17) is 28.1 Å². The summed E-state index contributed by atoms with van der Waals surface area (Å²) < 4.78 is 33.1. The summed E-state index contributed by atoms with van der Waals surface area (Å²) in [4.78, 5) is 22.9. The van der Waals surface area contributed by atoms with Crippen molar-refractivity contribution in [3.63, 3.8) is 0 Å². The Kier molecular flexibility index (Phi) is 7.49. The standard InChI is InChI=1S/C20H24B2O8/c1-13(2)19(23)25-9-17-11-27-21(29-17)15-5-7-16(8-6-15)22-28-12-18(30-22)10-26-20(24)14(3)4/h5-8,17-18H,1,3,9-12H2,2,4H3. The summed E-state index contributed by atoms with van der Waals surface area (Å²) in [5.41, 5.74) is 2.34. The third-order valence-electron chi connectivity index (χ3n) is 4.48. The molecule has 3 rings (SSSR count). The summed E-state index contributed by atoms with van der Waals surface area (Å²) >= 11 is 0. The predicted octanol–water partition coefficient (Wildman–Crippen LogP) is 0.146. The van der Waals surface area contributed by atoms with E-state index in [1.165, 1.54) is 0 Å².